The molecule has 2 N–H and O–H groups in total. The molecule has 1 aromatic carbocycles. The zero-order valence-corrected chi connectivity index (χ0v) is 19.4. The van der Waals surface area contributed by atoms with Crippen LogP contribution in [0, 0.1) is 12.8 Å². The molecule has 7 heteroatoms. The Hall–Kier alpha value is -1.61. The van der Waals surface area contributed by atoms with Gasteiger partial charge < -0.3 is 20.0 Å². The number of likely N-dealkylation sites (tertiary alicyclic amines) is 1. The molecule has 1 unspecified atom stereocenters. The van der Waals surface area contributed by atoms with E-state index in [4.69, 9.17) is 4.42 Å². The maximum atomic E-state index is 5.61. The average molecular weight is 497 g/mol. The van der Waals surface area contributed by atoms with Gasteiger partial charge in [-0.25, -0.2) is 4.98 Å². The second-order valence-corrected chi connectivity index (χ2v) is 7.41. The largest absolute Gasteiger partial charge is 0.444 e. The summed E-state index contributed by atoms with van der Waals surface area (Å²) < 4.78 is 5.61. The Morgan fingerprint density at radius 1 is 1.29 bits per heavy atom. The Bertz CT molecular complexity index is 744. The highest BCUT2D eigenvalue weighted by Gasteiger charge is 2.15. The Morgan fingerprint density at radius 2 is 2.07 bits per heavy atom. The first-order valence-electron chi connectivity index (χ1n) is 9.82. The number of aliphatic imine (C=N–C) groups is 1. The number of hydrogen-bond acceptors (Lipinski definition) is 4. The number of nitrogens with zero attached hydrogens (tertiary/aromatic N) is 3. The number of nitrogens with one attached hydrogen (secondary N) is 2. The van der Waals surface area contributed by atoms with Crippen LogP contribution >= 0.6 is 24.0 Å². The van der Waals surface area contributed by atoms with Gasteiger partial charge in [-0.2, -0.15) is 0 Å². The van der Waals surface area contributed by atoms with E-state index in [2.05, 4.69) is 51.5 Å². The Morgan fingerprint density at radius 3 is 2.79 bits per heavy atom. The fraction of sp³-hybridized carbons (Fsp3) is 0.524. The summed E-state index contributed by atoms with van der Waals surface area (Å²) in [5.41, 5.74) is 3.07. The number of piperidine rings is 1. The molecule has 0 saturated carbocycles. The molecule has 1 aromatic heterocycles. The van der Waals surface area contributed by atoms with Crippen LogP contribution < -0.4 is 10.6 Å². The molecule has 154 valence electrons. The molecule has 0 radical (unpaired) electrons. The number of hydrogen-bond donors (Lipinski definition) is 2. The second kappa shape index (κ2) is 11.4. The van der Waals surface area contributed by atoms with Crippen molar-refractivity contribution in [2.75, 3.05) is 33.2 Å². The molecule has 28 heavy (non-hydrogen) atoms. The molecule has 2 aromatic rings. The van der Waals surface area contributed by atoms with Crippen molar-refractivity contribution in [3.05, 3.63) is 41.8 Å². The summed E-state index contributed by atoms with van der Waals surface area (Å²) in [5, 5.41) is 6.69. The predicted octanol–water partition coefficient (Wildman–Crippen LogP) is 3.66. The molecule has 6 nitrogen and oxygen atoms in total. The van der Waals surface area contributed by atoms with Crippen molar-refractivity contribution < 1.29 is 4.42 Å². The lowest BCUT2D eigenvalue weighted by Gasteiger charge is -2.30. The van der Waals surface area contributed by atoms with Crippen molar-refractivity contribution in [2.45, 2.75) is 33.2 Å². The van der Waals surface area contributed by atoms with Gasteiger partial charge in [-0.3, -0.25) is 4.99 Å². The predicted molar refractivity (Wildman–Crippen MR) is 125 cm³/mol. The summed E-state index contributed by atoms with van der Waals surface area (Å²) in [6, 6.07) is 8.18. The third-order valence-corrected chi connectivity index (χ3v) is 4.97. The fourth-order valence-electron chi connectivity index (χ4n) is 3.43. The van der Waals surface area contributed by atoms with Crippen LogP contribution in [0.3, 0.4) is 0 Å². The van der Waals surface area contributed by atoms with Gasteiger partial charge in [0, 0.05) is 32.2 Å². The zero-order chi connectivity index (χ0) is 19.1. The van der Waals surface area contributed by atoms with Crippen molar-refractivity contribution in [1.82, 2.24) is 20.5 Å². The van der Waals surface area contributed by atoms with Crippen molar-refractivity contribution >= 4 is 29.9 Å². The van der Waals surface area contributed by atoms with E-state index in [1.54, 1.807) is 13.3 Å². The highest BCUT2D eigenvalue weighted by molar-refractivity contribution is 14.0. The summed E-state index contributed by atoms with van der Waals surface area (Å²) in [6.07, 6.45) is 4.36. The van der Waals surface area contributed by atoms with E-state index in [1.807, 2.05) is 12.1 Å². The van der Waals surface area contributed by atoms with Gasteiger partial charge >= 0.3 is 0 Å². The van der Waals surface area contributed by atoms with E-state index in [0.29, 0.717) is 12.4 Å². The standard InChI is InChI=1S/C21H31N5O.HI/c1-16-6-8-18(9-7-16)20-25-19(15-27-20)13-24-21(22-3)23-10-12-26-11-4-5-17(2)14-26;/h6-9,15,17H,4-5,10-14H2,1-3H3,(H2,22,23,24);1H. The van der Waals surface area contributed by atoms with Crippen molar-refractivity contribution in [3.63, 3.8) is 0 Å². The Balaban J connectivity index is 0.00000280. The van der Waals surface area contributed by atoms with Crippen LogP contribution in [0.5, 0.6) is 0 Å². The zero-order valence-electron chi connectivity index (χ0n) is 17.1. The Kier molecular flexibility index (Phi) is 9.24. The molecule has 0 spiro atoms. The lowest BCUT2D eigenvalue weighted by atomic mass is 10.0. The maximum Gasteiger partial charge on any atom is 0.226 e. The summed E-state index contributed by atoms with van der Waals surface area (Å²) in [4.78, 5) is 11.4. The number of benzene rings is 1. The second-order valence-electron chi connectivity index (χ2n) is 7.41. The van der Waals surface area contributed by atoms with Gasteiger partial charge in [-0.1, -0.05) is 24.6 Å². The molecule has 1 atom stereocenters. The first-order chi connectivity index (χ1) is 13.1. The van der Waals surface area contributed by atoms with Gasteiger partial charge in [0.05, 0.1) is 12.2 Å². The maximum absolute atomic E-state index is 5.61. The van der Waals surface area contributed by atoms with Crippen LogP contribution in [-0.4, -0.2) is 49.1 Å². The van der Waals surface area contributed by atoms with Gasteiger partial charge in [-0.05, 0) is 44.4 Å². The van der Waals surface area contributed by atoms with Crippen LogP contribution in [0.1, 0.15) is 31.0 Å². The summed E-state index contributed by atoms with van der Waals surface area (Å²) in [7, 11) is 1.79. The quantitative estimate of drug-likeness (QED) is 0.362. The van der Waals surface area contributed by atoms with Crippen molar-refractivity contribution in [3.8, 4) is 11.5 Å². The van der Waals surface area contributed by atoms with Gasteiger partial charge in [0.1, 0.15) is 6.26 Å². The van der Waals surface area contributed by atoms with E-state index in [1.165, 1.54) is 31.5 Å². The molecule has 0 bridgehead atoms. The molecule has 1 aliphatic rings. The minimum atomic E-state index is 0. The molecule has 0 aliphatic carbocycles. The lowest BCUT2D eigenvalue weighted by Crippen LogP contribution is -2.43. The first kappa shape index (κ1) is 22.7. The first-order valence-corrected chi connectivity index (χ1v) is 9.82. The van der Waals surface area contributed by atoms with E-state index >= 15 is 0 Å². The summed E-state index contributed by atoms with van der Waals surface area (Å²) in [5.74, 6) is 2.25. The molecule has 1 fully saturated rings. The van der Waals surface area contributed by atoms with Crippen LogP contribution in [-0.2, 0) is 6.54 Å². The smallest absolute Gasteiger partial charge is 0.226 e. The minimum Gasteiger partial charge on any atom is -0.444 e. The molecule has 0 amide bonds. The van der Waals surface area contributed by atoms with Gasteiger partial charge in [0.15, 0.2) is 5.96 Å². The van der Waals surface area contributed by atoms with Crippen LogP contribution in [0.15, 0.2) is 39.9 Å². The number of aromatic nitrogens is 1. The molecule has 3 rings (SSSR count). The van der Waals surface area contributed by atoms with Gasteiger partial charge in [0.2, 0.25) is 5.89 Å². The molecule has 1 aliphatic heterocycles. The lowest BCUT2D eigenvalue weighted by molar-refractivity contribution is 0.187. The van der Waals surface area contributed by atoms with E-state index < -0.39 is 0 Å². The van der Waals surface area contributed by atoms with Crippen molar-refractivity contribution in [1.29, 1.82) is 0 Å². The molecular formula is C21H32IN5O. The normalized spacial score (nSPS) is 17.8. The molecule has 2 heterocycles. The topological polar surface area (TPSA) is 65.7 Å². The summed E-state index contributed by atoms with van der Waals surface area (Å²) >= 11 is 0. The van der Waals surface area contributed by atoms with Crippen LogP contribution in [0.4, 0.5) is 0 Å². The third-order valence-electron chi connectivity index (χ3n) is 4.97. The van der Waals surface area contributed by atoms with Crippen LogP contribution in [0.25, 0.3) is 11.5 Å². The average Bonchev–Trinajstić information content (AvgIpc) is 3.14. The van der Waals surface area contributed by atoms with E-state index in [9.17, 15) is 0 Å². The van der Waals surface area contributed by atoms with Gasteiger partial charge in [-0.15, -0.1) is 24.0 Å². The van der Waals surface area contributed by atoms with E-state index in [-0.39, 0.29) is 24.0 Å². The highest BCUT2D eigenvalue weighted by atomic mass is 127. The summed E-state index contributed by atoms with van der Waals surface area (Å²) in [6.45, 7) is 9.33. The number of guanidine groups is 1. The number of halogens is 1. The van der Waals surface area contributed by atoms with Crippen LogP contribution in [0.2, 0.25) is 0 Å². The third kappa shape index (κ3) is 6.77. The SMILES string of the molecule is CN=C(NCCN1CCCC(C)C1)NCc1coc(-c2ccc(C)cc2)n1.I. The van der Waals surface area contributed by atoms with Crippen molar-refractivity contribution in [2.24, 2.45) is 10.9 Å². The Labute approximate surface area is 185 Å². The number of aryl methyl sites for hydroxylation is 1. The highest BCUT2D eigenvalue weighted by Crippen LogP contribution is 2.19. The fourth-order valence-corrected chi connectivity index (χ4v) is 3.43. The molecule has 1 saturated heterocycles. The number of oxazole rings is 1. The molecular weight excluding hydrogens is 465 g/mol. The number of rotatable bonds is 6. The van der Waals surface area contributed by atoms with E-state index in [0.717, 1.165) is 36.2 Å². The monoisotopic (exact) mass is 497 g/mol. The minimum absolute atomic E-state index is 0. The van der Waals surface area contributed by atoms with Gasteiger partial charge in [0.25, 0.3) is 0 Å².